The number of aromatic nitrogens is 3. The van der Waals surface area contributed by atoms with Gasteiger partial charge in [-0.05, 0) is 37.3 Å². The highest BCUT2D eigenvalue weighted by atomic mass is 14.8. The first kappa shape index (κ1) is 9.46. The molecule has 0 unspecified atom stereocenters. The lowest BCUT2D eigenvalue weighted by atomic mass is 9.95. The van der Waals surface area contributed by atoms with Crippen LogP contribution in [-0.2, 0) is 12.8 Å². The summed E-state index contributed by atoms with van der Waals surface area (Å²) in [5.74, 6) is 0. The van der Waals surface area contributed by atoms with Gasteiger partial charge in [0.2, 0.25) is 0 Å². The van der Waals surface area contributed by atoms with E-state index in [1.807, 2.05) is 12.4 Å². The third-order valence-electron chi connectivity index (χ3n) is 3.03. The molecule has 1 aliphatic carbocycles. The molecule has 0 amide bonds. The van der Waals surface area contributed by atoms with Crippen LogP contribution in [0, 0.1) is 0 Å². The van der Waals surface area contributed by atoms with E-state index in [0.29, 0.717) is 0 Å². The molecule has 0 aromatic carbocycles. The summed E-state index contributed by atoms with van der Waals surface area (Å²) < 4.78 is 0. The Hall–Kier alpha value is -1.77. The van der Waals surface area contributed by atoms with Crippen LogP contribution in [0.4, 0.5) is 0 Å². The second-order valence-corrected chi connectivity index (χ2v) is 4.14. The fourth-order valence-corrected chi connectivity index (χ4v) is 2.17. The number of rotatable bonds is 1. The van der Waals surface area contributed by atoms with Gasteiger partial charge in [-0.25, -0.2) is 9.97 Å². The van der Waals surface area contributed by atoms with Crippen molar-refractivity contribution in [2.45, 2.75) is 25.7 Å². The Morgan fingerprint density at radius 2 is 1.75 bits per heavy atom. The smallest absolute Gasteiger partial charge is 0.115 e. The minimum atomic E-state index is 0.987. The van der Waals surface area contributed by atoms with E-state index in [4.69, 9.17) is 4.98 Å². The monoisotopic (exact) mass is 211 g/mol. The zero-order chi connectivity index (χ0) is 10.8. The van der Waals surface area contributed by atoms with E-state index in [9.17, 15) is 0 Å². The quantitative estimate of drug-likeness (QED) is 0.727. The Bertz CT molecular complexity index is 494. The van der Waals surface area contributed by atoms with E-state index in [1.165, 1.54) is 30.5 Å². The summed E-state index contributed by atoms with van der Waals surface area (Å²) in [6, 6.07) is 4.27. The van der Waals surface area contributed by atoms with Gasteiger partial charge in [-0.2, -0.15) is 0 Å². The average molecular weight is 211 g/mol. The third-order valence-corrected chi connectivity index (χ3v) is 3.03. The van der Waals surface area contributed by atoms with Crippen LogP contribution in [0.2, 0.25) is 0 Å². The largest absolute Gasteiger partial charge is 0.252 e. The molecule has 0 atom stereocenters. The molecule has 1 aliphatic rings. The minimum absolute atomic E-state index is 0.987. The van der Waals surface area contributed by atoms with Crippen LogP contribution in [0.25, 0.3) is 11.3 Å². The maximum absolute atomic E-state index is 4.70. The van der Waals surface area contributed by atoms with Gasteiger partial charge in [0.1, 0.15) is 6.33 Å². The highest BCUT2D eigenvalue weighted by Crippen LogP contribution is 2.23. The summed E-state index contributed by atoms with van der Waals surface area (Å²) in [5, 5.41) is 0. The van der Waals surface area contributed by atoms with Gasteiger partial charge in [0.15, 0.2) is 0 Å². The van der Waals surface area contributed by atoms with E-state index >= 15 is 0 Å². The molecule has 0 spiro atoms. The van der Waals surface area contributed by atoms with Crippen molar-refractivity contribution < 1.29 is 0 Å². The maximum atomic E-state index is 4.70. The highest BCUT2D eigenvalue weighted by Gasteiger charge is 2.11. The fourth-order valence-electron chi connectivity index (χ4n) is 2.17. The summed E-state index contributed by atoms with van der Waals surface area (Å²) in [6.07, 6.45) is 10.00. The van der Waals surface area contributed by atoms with Crippen molar-refractivity contribution in [1.82, 2.24) is 15.0 Å². The van der Waals surface area contributed by atoms with Gasteiger partial charge in [-0.15, -0.1) is 0 Å². The van der Waals surface area contributed by atoms with Crippen LogP contribution in [0.5, 0.6) is 0 Å². The Morgan fingerprint density at radius 1 is 0.938 bits per heavy atom. The first-order valence-corrected chi connectivity index (χ1v) is 5.68. The third kappa shape index (κ3) is 1.69. The van der Waals surface area contributed by atoms with Gasteiger partial charge in [0.05, 0.1) is 5.69 Å². The fraction of sp³-hybridized carbons (Fsp3) is 0.308. The number of hydrogen-bond donors (Lipinski definition) is 0. The lowest BCUT2D eigenvalue weighted by Gasteiger charge is -2.15. The lowest BCUT2D eigenvalue weighted by Crippen LogP contribution is -2.05. The van der Waals surface area contributed by atoms with Crippen LogP contribution in [0.15, 0.2) is 30.9 Å². The Kier molecular flexibility index (Phi) is 2.37. The molecule has 3 nitrogen and oxygen atoms in total. The molecule has 3 rings (SSSR count). The predicted molar refractivity (Wildman–Crippen MR) is 61.9 cm³/mol. The second-order valence-electron chi connectivity index (χ2n) is 4.14. The predicted octanol–water partition coefficient (Wildman–Crippen LogP) is 2.42. The van der Waals surface area contributed by atoms with E-state index in [1.54, 1.807) is 6.33 Å². The Labute approximate surface area is 94.6 Å². The zero-order valence-corrected chi connectivity index (χ0v) is 9.06. The Morgan fingerprint density at radius 3 is 2.62 bits per heavy atom. The Balaban J connectivity index is 2.03. The van der Waals surface area contributed by atoms with E-state index in [-0.39, 0.29) is 0 Å². The molecule has 80 valence electrons. The summed E-state index contributed by atoms with van der Waals surface area (Å²) in [6.45, 7) is 0. The highest BCUT2D eigenvalue weighted by molar-refractivity contribution is 5.57. The first-order valence-electron chi connectivity index (χ1n) is 5.68. The van der Waals surface area contributed by atoms with Gasteiger partial charge < -0.3 is 0 Å². The lowest BCUT2D eigenvalue weighted by molar-refractivity contribution is 0.668. The number of pyridine rings is 1. The SMILES string of the molecule is c1ncc(-c2ccc3c(n2)CCCC3)cn1. The van der Waals surface area contributed by atoms with Gasteiger partial charge >= 0.3 is 0 Å². The molecule has 0 N–H and O–H groups in total. The van der Waals surface area contributed by atoms with Crippen molar-refractivity contribution in [3.8, 4) is 11.3 Å². The van der Waals surface area contributed by atoms with Crippen LogP contribution in [0.1, 0.15) is 24.1 Å². The van der Waals surface area contributed by atoms with Crippen molar-refractivity contribution in [3.05, 3.63) is 42.1 Å². The molecule has 2 aromatic heterocycles. The van der Waals surface area contributed by atoms with E-state index in [2.05, 4.69) is 22.1 Å². The second kappa shape index (κ2) is 4.00. The summed E-state index contributed by atoms with van der Waals surface area (Å²) in [7, 11) is 0. The normalized spacial score (nSPS) is 14.5. The first-order chi connectivity index (χ1) is 7.93. The van der Waals surface area contributed by atoms with Crippen LogP contribution < -0.4 is 0 Å². The number of aryl methyl sites for hydroxylation is 2. The number of nitrogens with zero attached hydrogens (tertiary/aromatic N) is 3. The van der Waals surface area contributed by atoms with Crippen molar-refractivity contribution >= 4 is 0 Å². The summed E-state index contributed by atoms with van der Waals surface area (Å²) in [5.41, 5.74) is 4.65. The molecule has 3 heteroatoms. The average Bonchev–Trinajstić information content (AvgIpc) is 2.39. The van der Waals surface area contributed by atoms with Crippen molar-refractivity contribution in [3.63, 3.8) is 0 Å². The molecular weight excluding hydrogens is 198 g/mol. The topological polar surface area (TPSA) is 38.7 Å². The van der Waals surface area contributed by atoms with E-state index < -0.39 is 0 Å². The van der Waals surface area contributed by atoms with Crippen molar-refractivity contribution in [1.29, 1.82) is 0 Å². The van der Waals surface area contributed by atoms with Crippen molar-refractivity contribution in [2.75, 3.05) is 0 Å². The molecule has 0 bridgehead atoms. The van der Waals surface area contributed by atoms with E-state index in [0.717, 1.165) is 17.7 Å². The maximum Gasteiger partial charge on any atom is 0.115 e. The van der Waals surface area contributed by atoms with Crippen LogP contribution >= 0.6 is 0 Å². The number of fused-ring (bicyclic) bond motifs is 1. The van der Waals surface area contributed by atoms with Gasteiger partial charge in [0.25, 0.3) is 0 Å². The molecule has 0 saturated heterocycles. The summed E-state index contributed by atoms with van der Waals surface area (Å²) >= 11 is 0. The molecule has 2 heterocycles. The molecule has 0 aliphatic heterocycles. The molecule has 0 saturated carbocycles. The zero-order valence-electron chi connectivity index (χ0n) is 9.06. The molecule has 16 heavy (non-hydrogen) atoms. The summed E-state index contributed by atoms with van der Waals surface area (Å²) in [4.78, 5) is 12.7. The molecular formula is C13H13N3. The molecule has 0 fully saturated rings. The van der Waals surface area contributed by atoms with Crippen LogP contribution in [0.3, 0.4) is 0 Å². The standard InChI is InChI=1S/C13H13N3/c1-2-4-12-10(3-1)5-6-13(16-12)11-7-14-9-15-8-11/h5-9H,1-4H2. The van der Waals surface area contributed by atoms with Gasteiger partial charge in [-0.1, -0.05) is 6.07 Å². The van der Waals surface area contributed by atoms with Gasteiger partial charge in [-0.3, -0.25) is 4.98 Å². The number of hydrogen-bond acceptors (Lipinski definition) is 3. The van der Waals surface area contributed by atoms with Crippen LogP contribution in [-0.4, -0.2) is 15.0 Å². The molecule has 0 radical (unpaired) electrons. The minimum Gasteiger partial charge on any atom is -0.252 e. The van der Waals surface area contributed by atoms with Gasteiger partial charge in [0, 0.05) is 23.7 Å². The molecule has 2 aromatic rings. The van der Waals surface area contributed by atoms with Crippen molar-refractivity contribution in [2.24, 2.45) is 0 Å².